The predicted octanol–water partition coefficient (Wildman–Crippen LogP) is 2.07. The van der Waals surface area contributed by atoms with E-state index in [0.717, 1.165) is 12.5 Å². The van der Waals surface area contributed by atoms with Crippen molar-refractivity contribution in [1.29, 1.82) is 0 Å². The smallest absolute Gasteiger partial charge is 0.0110 e. The quantitative estimate of drug-likeness (QED) is 0.644. The van der Waals surface area contributed by atoms with E-state index in [0.29, 0.717) is 0 Å². The first kappa shape index (κ1) is 19.2. The molecule has 0 spiro atoms. The molecule has 2 fully saturated rings. The van der Waals surface area contributed by atoms with Crippen LogP contribution in [0.25, 0.3) is 0 Å². The number of likely N-dealkylation sites (N-methyl/N-ethyl adjacent to an activating group) is 1. The summed E-state index contributed by atoms with van der Waals surface area (Å²) in [6.07, 6.45) is 5.55. The number of unbranched alkanes of at least 4 members (excludes halogenated alkanes) is 1. The van der Waals surface area contributed by atoms with Crippen LogP contribution in [0.2, 0.25) is 0 Å². The second kappa shape index (κ2) is 10.7. The van der Waals surface area contributed by atoms with E-state index in [9.17, 15) is 0 Å². The summed E-state index contributed by atoms with van der Waals surface area (Å²) in [7, 11) is 2.23. The van der Waals surface area contributed by atoms with Crippen LogP contribution in [-0.4, -0.2) is 98.6 Å². The molecule has 0 saturated carbocycles. The van der Waals surface area contributed by atoms with Gasteiger partial charge in [-0.2, -0.15) is 0 Å². The summed E-state index contributed by atoms with van der Waals surface area (Å²) in [4.78, 5) is 10.5. The zero-order valence-electron chi connectivity index (χ0n) is 16.0. The average molecular weight is 325 g/mol. The van der Waals surface area contributed by atoms with Crippen LogP contribution >= 0.6 is 0 Å². The van der Waals surface area contributed by atoms with E-state index in [1.807, 2.05) is 0 Å². The summed E-state index contributed by atoms with van der Waals surface area (Å²) in [6, 6.07) is 0. The van der Waals surface area contributed by atoms with Crippen LogP contribution in [0.3, 0.4) is 0 Å². The fourth-order valence-corrected chi connectivity index (χ4v) is 3.81. The molecule has 0 bridgehead atoms. The number of rotatable bonds is 9. The maximum Gasteiger partial charge on any atom is 0.0110 e. The van der Waals surface area contributed by atoms with E-state index in [-0.39, 0.29) is 0 Å². The van der Waals surface area contributed by atoms with Gasteiger partial charge in [-0.05, 0) is 58.4 Å². The number of piperidine rings is 1. The van der Waals surface area contributed by atoms with Crippen LogP contribution in [0.15, 0.2) is 0 Å². The summed E-state index contributed by atoms with van der Waals surface area (Å²) in [5.41, 5.74) is 0. The van der Waals surface area contributed by atoms with Crippen molar-refractivity contribution >= 4 is 0 Å². The summed E-state index contributed by atoms with van der Waals surface area (Å²) in [5.74, 6) is 0.950. The molecule has 0 aliphatic carbocycles. The average Bonchev–Trinajstić information content (AvgIpc) is 2.60. The van der Waals surface area contributed by atoms with Gasteiger partial charge in [0.15, 0.2) is 0 Å². The Hall–Kier alpha value is -0.160. The zero-order chi connectivity index (χ0) is 16.5. The Kier molecular flexibility index (Phi) is 8.88. The van der Waals surface area contributed by atoms with Crippen LogP contribution < -0.4 is 0 Å². The Morgan fingerprint density at radius 3 is 2.04 bits per heavy atom. The second-order valence-electron chi connectivity index (χ2n) is 7.68. The molecule has 0 atom stereocenters. The molecule has 4 nitrogen and oxygen atoms in total. The van der Waals surface area contributed by atoms with Gasteiger partial charge in [0.25, 0.3) is 0 Å². The molecule has 0 aromatic heterocycles. The SMILES string of the molecule is CCCCN1CCC(CN2CCN(CCN(C)CC)CC2)CC1. The Labute approximate surface area is 144 Å². The van der Waals surface area contributed by atoms with Crippen molar-refractivity contribution in [3.05, 3.63) is 0 Å². The lowest BCUT2D eigenvalue weighted by Gasteiger charge is -2.39. The molecule has 2 rings (SSSR count). The Morgan fingerprint density at radius 2 is 1.43 bits per heavy atom. The van der Waals surface area contributed by atoms with Crippen LogP contribution in [0, 0.1) is 5.92 Å². The van der Waals surface area contributed by atoms with Crippen molar-refractivity contribution in [1.82, 2.24) is 19.6 Å². The van der Waals surface area contributed by atoms with Crippen LogP contribution in [0.5, 0.6) is 0 Å². The minimum absolute atomic E-state index is 0.950. The largest absolute Gasteiger partial charge is 0.305 e. The Balaban J connectivity index is 1.56. The van der Waals surface area contributed by atoms with Gasteiger partial charge in [0.05, 0.1) is 0 Å². The molecule has 2 heterocycles. The second-order valence-corrected chi connectivity index (χ2v) is 7.68. The molecule has 0 aromatic carbocycles. The number of nitrogens with zero attached hydrogens (tertiary/aromatic N) is 4. The first-order valence-corrected chi connectivity index (χ1v) is 10.1. The third kappa shape index (κ3) is 7.08. The molecule has 0 N–H and O–H groups in total. The van der Waals surface area contributed by atoms with Crippen LogP contribution in [-0.2, 0) is 0 Å². The number of hydrogen-bond acceptors (Lipinski definition) is 4. The highest BCUT2D eigenvalue weighted by Gasteiger charge is 2.23. The molecule has 0 amide bonds. The van der Waals surface area contributed by atoms with Gasteiger partial charge < -0.3 is 14.7 Å². The van der Waals surface area contributed by atoms with Crippen LogP contribution in [0.4, 0.5) is 0 Å². The maximum atomic E-state index is 2.73. The summed E-state index contributed by atoms with van der Waals surface area (Å²) >= 11 is 0. The Morgan fingerprint density at radius 1 is 0.826 bits per heavy atom. The third-order valence-corrected chi connectivity index (χ3v) is 5.85. The lowest BCUT2D eigenvalue weighted by atomic mass is 9.95. The predicted molar refractivity (Wildman–Crippen MR) is 100 cm³/mol. The van der Waals surface area contributed by atoms with Gasteiger partial charge in [-0.15, -0.1) is 0 Å². The van der Waals surface area contributed by atoms with Crippen molar-refractivity contribution < 1.29 is 0 Å². The van der Waals surface area contributed by atoms with E-state index < -0.39 is 0 Å². The molecule has 0 radical (unpaired) electrons. The minimum Gasteiger partial charge on any atom is -0.305 e. The number of hydrogen-bond donors (Lipinski definition) is 0. The summed E-state index contributed by atoms with van der Waals surface area (Å²) in [6.45, 7) is 18.6. The van der Waals surface area contributed by atoms with Gasteiger partial charge in [0.2, 0.25) is 0 Å². The molecule has 23 heavy (non-hydrogen) atoms. The highest BCUT2D eigenvalue weighted by Crippen LogP contribution is 2.19. The minimum atomic E-state index is 0.950. The first-order chi connectivity index (χ1) is 11.2. The van der Waals surface area contributed by atoms with E-state index >= 15 is 0 Å². The fraction of sp³-hybridized carbons (Fsp3) is 1.00. The van der Waals surface area contributed by atoms with E-state index in [1.165, 1.54) is 91.1 Å². The number of piperazine rings is 1. The van der Waals surface area contributed by atoms with Gasteiger partial charge in [-0.3, -0.25) is 4.90 Å². The highest BCUT2D eigenvalue weighted by molar-refractivity contribution is 4.78. The molecule has 0 aromatic rings. The van der Waals surface area contributed by atoms with Gasteiger partial charge in [0, 0.05) is 45.8 Å². The van der Waals surface area contributed by atoms with E-state index in [1.54, 1.807) is 0 Å². The van der Waals surface area contributed by atoms with Crippen molar-refractivity contribution in [2.24, 2.45) is 5.92 Å². The van der Waals surface area contributed by atoms with Crippen molar-refractivity contribution in [2.45, 2.75) is 39.5 Å². The molecule has 2 saturated heterocycles. The molecule has 2 aliphatic rings. The maximum absolute atomic E-state index is 2.73. The highest BCUT2D eigenvalue weighted by atomic mass is 15.3. The third-order valence-electron chi connectivity index (χ3n) is 5.85. The van der Waals surface area contributed by atoms with Crippen molar-refractivity contribution in [3.8, 4) is 0 Å². The Bertz CT molecular complexity index is 294. The van der Waals surface area contributed by atoms with Crippen LogP contribution in [0.1, 0.15) is 39.5 Å². The van der Waals surface area contributed by atoms with E-state index in [2.05, 4.69) is 40.5 Å². The van der Waals surface area contributed by atoms with Gasteiger partial charge in [0.1, 0.15) is 0 Å². The first-order valence-electron chi connectivity index (χ1n) is 10.1. The molecular weight excluding hydrogens is 284 g/mol. The lowest BCUT2D eigenvalue weighted by Crippen LogP contribution is -2.50. The lowest BCUT2D eigenvalue weighted by molar-refractivity contribution is 0.0906. The zero-order valence-corrected chi connectivity index (χ0v) is 16.0. The van der Waals surface area contributed by atoms with Gasteiger partial charge >= 0.3 is 0 Å². The van der Waals surface area contributed by atoms with E-state index in [4.69, 9.17) is 0 Å². The topological polar surface area (TPSA) is 13.0 Å². The van der Waals surface area contributed by atoms with Crippen molar-refractivity contribution in [3.63, 3.8) is 0 Å². The molecule has 136 valence electrons. The molecule has 0 unspecified atom stereocenters. The number of likely N-dealkylation sites (tertiary alicyclic amines) is 1. The molecule has 4 heteroatoms. The summed E-state index contributed by atoms with van der Waals surface area (Å²) < 4.78 is 0. The summed E-state index contributed by atoms with van der Waals surface area (Å²) in [5, 5.41) is 0. The van der Waals surface area contributed by atoms with Gasteiger partial charge in [-0.1, -0.05) is 20.3 Å². The monoisotopic (exact) mass is 324 g/mol. The molecule has 2 aliphatic heterocycles. The normalized spacial score (nSPS) is 23.0. The standard InChI is InChI=1S/C19H40N4/c1-4-6-9-21-10-7-19(8-11-21)18-23-16-14-22(15-17-23)13-12-20(3)5-2/h19H,4-18H2,1-3H3. The van der Waals surface area contributed by atoms with Gasteiger partial charge in [-0.25, -0.2) is 0 Å². The molecular formula is C19H40N4. The fourth-order valence-electron chi connectivity index (χ4n) is 3.81. The van der Waals surface area contributed by atoms with Crippen molar-refractivity contribution in [2.75, 3.05) is 79.0 Å².